The van der Waals surface area contributed by atoms with Crippen LogP contribution in [-0.2, 0) is 18.3 Å². The van der Waals surface area contributed by atoms with E-state index in [1.807, 2.05) is 0 Å². The molecule has 4 aromatic rings. The summed E-state index contributed by atoms with van der Waals surface area (Å²) in [5.41, 5.74) is -0.626. The van der Waals surface area contributed by atoms with Gasteiger partial charge in [-0.25, -0.2) is 9.97 Å². The molecule has 0 saturated carbocycles. The summed E-state index contributed by atoms with van der Waals surface area (Å²) in [4.78, 5) is 8.22. The van der Waals surface area contributed by atoms with Gasteiger partial charge in [0.25, 0.3) is 0 Å². The fourth-order valence-corrected chi connectivity index (χ4v) is 4.02. The second-order valence-electron chi connectivity index (χ2n) is 7.64. The number of aliphatic hydroxyl groups is 1. The van der Waals surface area contributed by atoms with E-state index in [1.165, 1.54) is 24.4 Å². The maximum absolute atomic E-state index is 12.8. The zero-order chi connectivity index (χ0) is 24.3. The van der Waals surface area contributed by atoms with Crippen molar-refractivity contribution in [1.29, 1.82) is 0 Å². The summed E-state index contributed by atoms with van der Waals surface area (Å²) in [5, 5.41) is 12.2. The average molecular weight is 508 g/mol. The Labute approximate surface area is 203 Å². The fourth-order valence-electron chi connectivity index (χ4n) is 3.44. The summed E-state index contributed by atoms with van der Waals surface area (Å²) in [6, 6.07) is 12.8. The molecule has 0 radical (unpaired) electrons. The first kappa shape index (κ1) is 24.1. The van der Waals surface area contributed by atoms with E-state index in [1.54, 1.807) is 47.6 Å². The van der Waals surface area contributed by atoms with Crippen LogP contribution in [0.2, 0.25) is 10.0 Å². The van der Waals surface area contributed by atoms with Crippen LogP contribution in [-0.4, -0.2) is 26.2 Å². The minimum atomic E-state index is -4.39. The molecular formula is C24H18Cl2F3N3O2. The Morgan fingerprint density at radius 3 is 2.29 bits per heavy atom. The predicted molar refractivity (Wildman–Crippen MR) is 123 cm³/mol. The topological polar surface area (TPSA) is 60.2 Å². The molecule has 0 amide bonds. The number of ether oxygens (including phenoxy) is 1. The van der Waals surface area contributed by atoms with Gasteiger partial charge in [0.1, 0.15) is 12.2 Å². The van der Waals surface area contributed by atoms with Crippen molar-refractivity contribution in [1.82, 2.24) is 14.5 Å². The molecule has 176 valence electrons. The molecule has 5 nitrogen and oxygen atoms in total. The number of nitrogens with zero attached hydrogens (tertiary/aromatic N) is 3. The van der Waals surface area contributed by atoms with Crippen LogP contribution < -0.4 is 4.74 Å². The number of benzene rings is 2. The zero-order valence-electron chi connectivity index (χ0n) is 17.5. The molecule has 1 N–H and O–H groups in total. The quantitative estimate of drug-likeness (QED) is 0.321. The van der Waals surface area contributed by atoms with Gasteiger partial charge < -0.3 is 14.4 Å². The number of hydrogen-bond acceptors (Lipinski definition) is 4. The number of rotatable bonds is 7. The van der Waals surface area contributed by atoms with Crippen LogP contribution in [0.5, 0.6) is 5.88 Å². The normalized spacial score (nSPS) is 13.5. The number of alkyl halides is 3. The minimum Gasteiger partial charge on any atom is -0.474 e. The molecule has 0 spiro atoms. The van der Waals surface area contributed by atoms with Crippen molar-refractivity contribution >= 4 is 23.2 Å². The molecule has 0 fully saturated rings. The highest BCUT2D eigenvalue weighted by molar-refractivity contribution is 6.35. The summed E-state index contributed by atoms with van der Waals surface area (Å²) < 4.78 is 45.8. The number of pyridine rings is 1. The van der Waals surface area contributed by atoms with Gasteiger partial charge in [-0.3, -0.25) is 0 Å². The van der Waals surface area contributed by atoms with Crippen LogP contribution >= 0.6 is 23.2 Å². The van der Waals surface area contributed by atoms with Gasteiger partial charge in [0.2, 0.25) is 5.88 Å². The van der Waals surface area contributed by atoms with Crippen molar-refractivity contribution in [2.45, 2.75) is 18.3 Å². The first-order valence-electron chi connectivity index (χ1n) is 10.0. The Hall–Kier alpha value is -3.07. The van der Waals surface area contributed by atoms with Gasteiger partial charge >= 0.3 is 6.18 Å². The fraction of sp³-hybridized carbons (Fsp3) is 0.167. The number of imidazole rings is 1. The van der Waals surface area contributed by atoms with Crippen molar-refractivity contribution in [3.8, 4) is 17.0 Å². The van der Waals surface area contributed by atoms with Gasteiger partial charge in [-0.1, -0.05) is 41.4 Å². The van der Waals surface area contributed by atoms with E-state index in [4.69, 9.17) is 27.9 Å². The predicted octanol–water partition coefficient (Wildman–Crippen LogP) is 6.24. The van der Waals surface area contributed by atoms with Crippen molar-refractivity contribution in [3.63, 3.8) is 0 Å². The maximum Gasteiger partial charge on any atom is 0.416 e. The molecule has 0 aliphatic carbocycles. The zero-order valence-corrected chi connectivity index (χ0v) is 19.0. The monoisotopic (exact) mass is 507 g/mol. The summed E-state index contributed by atoms with van der Waals surface area (Å²) in [5.74, 6) is 0.227. The lowest BCUT2D eigenvalue weighted by Crippen LogP contribution is -2.38. The van der Waals surface area contributed by atoms with E-state index < -0.39 is 17.3 Å². The second kappa shape index (κ2) is 9.66. The van der Waals surface area contributed by atoms with E-state index in [-0.39, 0.29) is 24.1 Å². The molecule has 10 heteroatoms. The molecule has 0 bridgehead atoms. The van der Waals surface area contributed by atoms with Crippen LogP contribution in [0.4, 0.5) is 13.2 Å². The van der Waals surface area contributed by atoms with Gasteiger partial charge in [0, 0.05) is 45.8 Å². The second-order valence-corrected chi connectivity index (χ2v) is 8.48. The average Bonchev–Trinajstić information content (AvgIpc) is 3.30. The summed E-state index contributed by atoms with van der Waals surface area (Å²) in [7, 11) is 0. The number of aromatic nitrogens is 3. The lowest BCUT2D eigenvalue weighted by Gasteiger charge is -2.29. The molecular weight excluding hydrogens is 490 g/mol. The Balaban J connectivity index is 1.52. The molecule has 1 unspecified atom stereocenters. The molecule has 2 aromatic heterocycles. The van der Waals surface area contributed by atoms with Gasteiger partial charge in [-0.2, -0.15) is 13.2 Å². The SMILES string of the molecule is OC(COc1ccc(-c2ccc(C(F)(F)F)cc2)cn1)(Cn1ccnc1)c1ccc(Cl)cc1Cl. The Morgan fingerprint density at radius 1 is 0.971 bits per heavy atom. The van der Waals surface area contributed by atoms with E-state index in [0.29, 0.717) is 21.7 Å². The molecule has 34 heavy (non-hydrogen) atoms. The number of halogens is 5. The Bertz CT molecular complexity index is 1250. The third-order valence-electron chi connectivity index (χ3n) is 5.18. The molecule has 0 saturated heterocycles. The molecule has 0 aliphatic rings. The summed E-state index contributed by atoms with van der Waals surface area (Å²) >= 11 is 12.4. The highest BCUT2D eigenvalue weighted by Crippen LogP contribution is 2.33. The third kappa shape index (κ3) is 5.52. The van der Waals surface area contributed by atoms with Crippen LogP contribution in [0, 0.1) is 0 Å². The van der Waals surface area contributed by atoms with E-state index in [0.717, 1.165) is 12.1 Å². The van der Waals surface area contributed by atoms with Crippen molar-refractivity contribution in [3.05, 3.63) is 101 Å². The van der Waals surface area contributed by atoms with Gasteiger partial charge in [-0.05, 0) is 35.9 Å². The van der Waals surface area contributed by atoms with Crippen molar-refractivity contribution in [2.24, 2.45) is 0 Å². The molecule has 1 atom stereocenters. The highest BCUT2D eigenvalue weighted by Gasteiger charge is 2.34. The summed E-state index contributed by atoms with van der Waals surface area (Å²) in [6.07, 6.45) is 1.95. The third-order valence-corrected chi connectivity index (χ3v) is 5.72. The molecule has 2 aromatic carbocycles. The van der Waals surface area contributed by atoms with E-state index >= 15 is 0 Å². The molecule has 4 rings (SSSR count). The van der Waals surface area contributed by atoms with E-state index in [2.05, 4.69) is 9.97 Å². The van der Waals surface area contributed by atoms with Crippen molar-refractivity contribution < 1.29 is 23.0 Å². The molecule has 0 aliphatic heterocycles. The van der Waals surface area contributed by atoms with Crippen molar-refractivity contribution in [2.75, 3.05) is 6.61 Å². The van der Waals surface area contributed by atoms with Crippen LogP contribution in [0.3, 0.4) is 0 Å². The van der Waals surface area contributed by atoms with Crippen LogP contribution in [0.25, 0.3) is 11.1 Å². The Kier molecular flexibility index (Phi) is 6.84. The first-order chi connectivity index (χ1) is 16.1. The Morgan fingerprint density at radius 2 is 1.71 bits per heavy atom. The lowest BCUT2D eigenvalue weighted by atomic mass is 9.94. The first-order valence-corrected chi connectivity index (χ1v) is 10.8. The largest absolute Gasteiger partial charge is 0.474 e. The highest BCUT2D eigenvalue weighted by atomic mass is 35.5. The van der Waals surface area contributed by atoms with Gasteiger partial charge in [-0.15, -0.1) is 0 Å². The smallest absolute Gasteiger partial charge is 0.416 e. The van der Waals surface area contributed by atoms with E-state index in [9.17, 15) is 18.3 Å². The standard InChI is InChI=1S/C24H18Cl2F3N3O2/c25-19-6-7-20(21(26)11-19)23(33,13-32-10-9-30-15-32)14-34-22-8-3-17(12-31-22)16-1-4-18(5-2-16)24(27,28)29/h1-12,15,33H,13-14H2. The maximum atomic E-state index is 12.8. The summed E-state index contributed by atoms with van der Waals surface area (Å²) in [6.45, 7) is -0.0723. The minimum absolute atomic E-state index is 0.109. The van der Waals surface area contributed by atoms with Crippen LogP contribution in [0.1, 0.15) is 11.1 Å². The number of hydrogen-bond donors (Lipinski definition) is 1. The lowest BCUT2D eigenvalue weighted by molar-refractivity contribution is -0.137. The van der Waals surface area contributed by atoms with Gasteiger partial charge in [0.15, 0.2) is 0 Å². The van der Waals surface area contributed by atoms with Crippen LogP contribution in [0.15, 0.2) is 79.5 Å². The van der Waals surface area contributed by atoms with Gasteiger partial charge in [0.05, 0.1) is 18.4 Å². The molecule has 2 heterocycles.